The van der Waals surface area contributed by atoms with Gasteiger partial charge in [-0.05, 0) is 12.3 Å². The van der Waals surface area contributed by atoms with Crippen LogP contribution in [-0.4, -0.2) is 82.1 Å². The van der Waals surface area contributed by atoms with Gasteiger partial charge in [-0.2, -0.15) is 0 Å². The maximum Gasteiger partial charge on any atom is 0.416 e. The Hall–Kier alpha value is -2.25. The van der Waals surface area contributed by atoms with Crippen molar-refractivity contribution in [2.24, 2.45) is 21.4 Å². The number of hydrazone groups is 1. The first kappa shape index (κ1) is 18.5. The smallest absolute Gasteiger partial charge is 0.270 e. The lowest BCUT2D eigenvalue weighted by Gasteiger charge is -2.33. The minimum absolute atomic E-state index is 0.115. The fourth-order valence-corrected chi connectivity index (χ4v) is 3.25. The molecule has 3 heterocycles. The van der Waals surface area contributed by atoms with Gasteiger partial charge in [-0.25, -0.2) is 9.37 Å². The lowest BCUT2D eigenvalue weighted by molar-refractivity contribution is -0.528. The highest BCUT2D eigenvalue weighted by molar-refractivity contribution is 6.23. The Morgan fingerprint density at radius 2 is 1.85 bits per heavy atom. The third-order valence-electron chi connectivity index (χ3n) is 5.09. The molecule has 0 radical (unpaired) electrons. The molecule has 1 atom stereocenters. The molecule has 0 aliphatic carbocycles. The average molecular weight is 361 g/mol. The van der Waals surface area contributed by atoms with Crippen molar-refractivity contribution in [1.29, 1.82) is 0 Å². The van der Waals surface area contributed by atoms with Crippen molar-refractivity contribution in [3.63, 3.8) is 0 Å². The number of carbonyl (C=O) groups is 2. The summed E-state index contributed by atoms with van der Waals surface area (Å²) in [5.74, 6) is 1.46. The van der Waals surface area contributed by atoms with Crippen molar-refractivity contribution in [2.45, 2.75) is 47.1 Å². The molecule has 1 fully saturated rings. The van der Waals surface area contributed by atoms with Crippen molar-refractivity contribution in [1.82, 2.24) is 14.8 Å². The van der Waals surface area contributed by atoms with Gasteiger partial charge in [0, 0.05) is 19.5 Å². The van der Waals surface area contributed by atoms with Gasteiger partial charge in [-0.3, -0.25) is 14.6 Å². The fraction of sp³-hybridized carbons (Fsp3) is 0.722. The number of aliphatic imine (C=N–C) groups is 1. The molecular formula is C18H29N6O2+. The van der Waals surface area contributed by atoms with E-state index in [1.54, 1.807) is 7.05 Å². The summed E-state index contributed by atoms with van der Waals surface area (Å²) >= 11 is 0. The van der Waals surface area contributed by atoms with Gasteiger partial charge in [-0.15, -0.1) is 10.1 Å². The highest BCUT2D eigenvalue weighted by Gasteiger charge is 2.54. The normalized spacial score (nSPS) is 23.5. The molecule has 0 aromatic heterocycles. The summed E-state index contributed by atoms with van der Waals surface area (Å²) in [4.78, 5) is 32.4. The molecule has 0 bridgehead atoms. The summed E-state index contributed by atoms with van der Waals surface area (Å²) in [5.41, 5.74) is 0.895. The van der Waals surface area contributed by atoms with Crippen molar-refractivity contribution in [2.75, 3.05) is 27.2 Å². The first-order chi connectivity index (χ1) is 12.0. The Labute approximate surface area is 154 Å². The van der Waals surface area contributed by atoms with Gasteiger partial charge in [-0.1, -0.05) is 39.6 Å². The number of hydrogen-bond donors (Lipinski definition) is 0. The molecular weight excluding hydrogens is 332 g/mol. The minimum Gasteiger partial charge on any atom is -0.270 e. The number of hydrogen-bond acceptors (Lipinski definition) is 5. The monoisotopic (exact) mass is 361 g/mol. The molecule has 0 aromatic rings. The summed E-state index contributed by atoms with van der Waals surface area (Å²) in [5, 5.41) is 6.75. The number of guanidine groups is 1. The van der Waals surface area contributed by atoms with E-state index in [0.717, 1.165) is 18.7 Å². The number of fused-ring (bicyclic) bond motifs is 2. The molecule has 3 amide bonds. The third-order valence-corrected chi connectivity index (χ3v) is 5.09. The predicted molar refractivity (Wildman–Crippen MR) is 100 cm³/mol. The molecule has 3 aliphatic heterocycles. The Morgan fingerprint density at radius 3 is 2.42 bits per heavy atom. The van der Waals surface area contributed by atoms with Crippen LogP contribution in [0.4, 0.5) is 4.79 Å². The maximum atomic E-state index is 12.8. The van der Waals surface area contributed by atoms with Gasteiger partial charge >= 0.3 is 12.0 Å². The molecule has 0 spiro atoms. The number of likely N-dealkylation sites (N-methyl/N-ethyl adjacent to an activating group) is 2. The van der Waals surface area contributed by atoms with E-state index in [0.29, 0.717) is 24.3 Å². The van der Waals surface area contributed by atoms with Crippen LogP contribution in [0.25, 0.3) is 0 Å². The summed E-state index contributed by atoms with van der Waals surface area (Å²) < 4.78 is 1.99. The number of imide groups is 1. The highest BCUT2D eigenvalue weighted by Crippen LogP contribution is 2.26. The summed E-state index contributed by atoms with van der Waals surface area (Å²) in [7, 11) is 3.19. The van der Waals surface area contributed by atoms with Crippen molar-refractivity contribution >= 4 is 29.4 Å². The quantitative estimate of drug-likeness (QED) is 0.714. The van der Waals surface area contributed by atoms with Crippen LogP contribution < -0.4 is 0 Å². The zero-order valence-corrected chi connectivity index (χ0v) is 16.8. The number of nitrogens with zero attached hydrogens (tertiary/aromatic N) is 6. The molecule has 1 saturated heterocycles. The standard InChI is InChI=1S/C18H29N6O2/c1-11(2)8-9-24-16-19-14-13(15(25)22(7)17(26)21(14)6)23(16)10-12(20-24)18(3,4)5/h11,13H,8-10H2,1-7H3/q+1. The number of amides is 3. The van der Waals surface area contributed by atoms with E-state index < -0.39 is 6.04 Å². The van der Waals surface area contributed by atoms with Gasteiger partial charge < -0.3 is 0 Å². The van der Waals surface area contributed by atoms with Crippen molar-refractivity contribution < 1.29 is 14.2 Å². The van der Waals surface area contributed by atoms with Crippen LogP contribution in [0.1, 0.15) is 41.0 Å². The molecule has 1 unspecified atom stereocenters. The van der Waals surface area contributed by atoms with E-state index in [-0.39, 0.29) is 17.4 Å². The largest absolute Gasteiger partial charge is 0.416 e. The SMILES string of the molecule is CC(C)CCN1N=C(C(C)(C)C)C[N+]2=C1N=C1C2C(=O)N(C)C(=O)N1C. The van der Waals surface area contributed by atoms with Gasteiger partial charge in [0.05, 0.1) is 12.3 Å². The van der Waals surface area contributed by atoms with E-state index in [9.17, 15) is 9.59 Å². The molecule has 0 aromatic carbocycles. The molecule has 142 valence electrons. The number of urea groups is 1. The van der Waals surface area contributed by atoms with Crippen LogP contribution in [0, 0.1) is 11.3 Å². The zero-order valence-electron chi connectivity index (χ0n) is 16.8. The lowest BCUT2D eigenvalue weighted by Crippen LogP contribution is -2.62. The Morgan fingerprint density at radius 1 is 1.19 bits per heavy atom. The van der Waals surface area contributed by atoms with Gasteiger partial charge in [0.15, 0.2) is 0 Å². The van der Waals surface area contributed by atoms with Crippen LogP contribution >= 0.6 is 0 Å². The van der Waals surface area contributed by atoms with E-state index in [1.165, 1.54) is 16.8 Å². The van der Waals surface area contributed by atoms with Crippen LogP contribution in [0.3, 0.4) is 0 Å². The summed E-state index contributed by atoms with van der Waals surface area (Å²) in [6.07, 6.45) is 0.969. The highest BCUT2D eigenvalue weighted by atomic mass is 16.2. The minimum atomic E-state index is -0.563. The number of rotatable bonds is 3. The molecule has 3 aliphatic rings. The number of amidine groups is 1. The van der Waals surface area contributed by atoms with Gasteiger partial charge in [0.2, 0.25) is 11.9 Å². The molecule has 26 heavy (non-hydrogen) atoms. The number of carbonyl (C=O) groups excluding carboxylic acids is 2. The van der Waals surface area contributed by atoms with E-state index in [4.69, 9.17) is 5.10 Å². The summed E-state index contributed by atoms with van der Waals surface area (Å²) in [6.45, 7) is 12.0. The van der Waals surface area contributed by atoms with Gasteiger partial charge in [0.25, 0.3) is 5.91 Å². The van der Waals surface area contributed by atoms with Crippen LogP contribution in [0.15, 0.2) is 10.1 Å². The van der Waals surface area contributed by atoms with Gasteiger partial charge in [0.1, 0.15) is 6.54 Å². The van der Waals surface area contributed by atoms with Crippen LogP contribution in [-0.2, 0) is 4.79 Å². The van der Waals surface area contributed by atoms with E-state index >= 15 is 0 Å². The average Bonchev–Trinajstić information content (AvgIpc) is 2.94. The van der Waals surface area contributed by atoms with Crippen LogP contribution in [0.5, 0.6) is 0 Å². The van der Waals surface area contributed by atoms with E-state index in [2.05, 4.69) is 39.6 Å². The predicted octanol–water partition coefficient (Wildman–Crippen LogP) is 1.42. The maximum absolute atomic E-state index is 12.8. The Kier molecular flexibility index (Phi) is 4.40. The second-order valence-corrected chi connectivity index (χ2v) is 8.64. The van der Waals surface area contributed by atoms with Crippen LogP contribution in [0.2, 0.25) is 0 Å². The first-order valence-electron chi connectivity index (χ1n) is 9.15. The molecule has 3 rings (SSSR count). The Balaban J connectivity index is 2.02. The molecule has 0 N–H and O–H groups in total. The second-order valence-electron chi connectivity index (χ2n) is 8.64. The zero-order chi connectivity index (χ0) is 19.4. The van der Waals surface area contributed by atoms with Crippen molar-refractivity contribution in [3.8, 4) is 0 Å². The van der Waals surface area contributed by atoms with E-state index in [1.807, 2.05) is 9.58 Å². The fourth-order valence-electron chi connectivity index (χ4n) is 3.25. The Bertz CT molecular complexity index is 743. The molecule has 8 nitrogen and oxygen atoms in total. The first-order valence-corrected chi connectivity index (χ1v) is 9.15. The molecule has 8 heteroatoms. The second kappa shape index (κ2) is 6.17. The van der Waals surface area contributed by atoms with Crippen molar-refractivity contribution in [3.05, 3.63) is 0 Å². The summed E-state index contributed by atoms with van der Waals surface area (Å²) in [6, 6.07) is -0.914. The molecule has 0 saturated carbocycles. The topological polar surface area (TPSA) is 71.6 Å². The lowest BCUT2D eigenvalue weighted by atomic mass is 9.89. The third kappa shape index (κ3) is 2.91.